The predicted octanol–water partition coefficient (Wildman–Crippen LogP) is 3.56. The Balaban J connectivity index is 2.79. The zero-order valence-electron chi connectivity index (χ0n) is 14.8. The first-order chi connectivity index (χ1) is 11.1. The number of nitrogens with one attached hydrogen (secondary N) is 1. The van der Waals surface area contributed by atoms with Crippen LogP contribution in [0.3, 0.4) is 0 Å². The minimum Gasteiger partial charge on any atom is -0.484 e. The van der Waals surface area contributed by atoms with Crippen LogP contribution in [0.15, 0.2) is 30.0 Å². The molecule has 0 spiro atoms. The third-order valence-electron chi connectivity index (χ3n) is 2.66. The Bertz CT molecular complexity index is 614. The highest BCUT2D eigenvalue weighted by molar-refractivity contribution is 5.89. The van der Waals surface area contributed by atoms with Crippen molar-refractivity contribution in [2.75, 3.05) is 0 Å². The molecule has 0 saturated heterocycles. The van der Waals surface area contributed by atoms with E-state index in [9.17, 15) is 14.7 Å². The van der Waals surface area contributed by atoms with Crippen molar-refractivity contribution < 1.29 is 24.2 Å². The number of benzene rings is 1. The molecule has 0 aromatic heterocycles. The van der Waals surface area contributed by atoms with Gasteiger partial charge in [0.05, 0.1) is 6.10 Å². The normalized spacial score (nSPS) is 12.0. The summed E-state index contributed by atoms with van der Waals surface area (Å²) in [5, 5.41) is 11.8. The van der Waals surface area contributed by atoms with Gasteiger partial charge in [-0.05, 0) is 57.9 Å². The van der Waals surface area contributed by atoms with E-state index < -0.39 is 17.7 Å². The monoisotopic (exact) mass is 335 g/mol. The molecule has 0 aliphatic rings. The van der Waals surface area contributed by atoms with Gasteiger partial charge in [-0.3, -0.25) is 0 Å². The van der Waals surface area contributed by atoms with E-state index in [0.29, 0.717) is 5.56 Å². The largest absolute Gasteiger partial charge is 0.484 e. The van der Waals surface area contributed by atoms with Gasteiger partial charge in [0.1, 0.15) is 5.60 Å². The molecular weight excluding hydrogens is 310 g/mol. The van der Waals surface area contributed by atoms with Crippen molar-refractivity contribution in [3.05, 3.63) is 41.2 Å². The van der Waals surface area contributed by atoms with Crippen molar-refractivity contribution in [3.8, 4) is 0 Å². The molecule has 1 aromatic rings. The van der Waals surface area contributed by atoms with Crippen LogP contribution in [0.5, 0.6) is 0 Å². The van der Waals surface area contributed by atoms with Crippen LogP contribution >= 0.6 is 0 Å². The number of aliphatic carboxylic acids is 1. The van der Waals surface area contributed by atoms with Crippen molar-refractivity contribution in [3.63, 3.8) is 0 Å². The highest BCUT2D eigenvalue weighted by atomic mass is 16.6. The number of carbonyl (C=O) groups excluding carboxylic acids is 1. The Morgan fingerprint density at radius 3 is 2.50 bits per heavy atom. The van der Waals surface area contributed by atoms with E-state index in [-0.39, 0.29) is 18.4 Å². The third kappa shape index (κ3) is 7.67. The summed E-state index contributed by atoms with van der Waals surface area (Å²) >= 11 is 0. The Kier molecular flexibility index (Phi) is 6.82. The van der Waals surface area contributed by atoms with Gasteiger partial charge in [0.2, 0.25) is 5.76 Å². The first-order valence-corrected chi connectivity index (χ1v) is 7.74. The zero-order valence-corrected chi connectivity index (χ0v) is 14.8. The molecule has 1 rings (SSSR count). The number of carboxylic acids is 1. The van der Waals surface area contributed by atoms with E-state index >= 15 is 0 Å². The molecule has 0 aliphatic carbocycles. The topological polar surface area (TPSA) is 84.9 Å². The van der Waals surface area contributed by atoms with Gasteiger partial charge in [-0.25, -0.2) is 9.59 Å². The summed E-state index contributed by atoms with van der Waals surface area (Å²) in [6, 6.07) is 7.17. The number of rotatable bonds is 6. The van der Waals surface area contributed by atoms with Crippen LogP contribution in [0.25, 0.3) is 6.08 Å². The molecule has 6 heteroatoms. The molecule has 0 saturated carbocycles. The number of carbonyl (C=O) groups is 2. The summed E-state index contributed by atoms with van der Waals surface area (Å²) in [6.07, 6.45) is 0.724. The Labute approximate surface area is 142 Å². The molecule has 6 nitrogen and oxygen atoms in total. The van der Waals surface area contributed by atoms with Crippen molar-refractivity contribution in [2.45, 2.75) is 52.9 Å². The average Bonchev–Trinajstić information content (AvgIpc) is 2.42. The van der Waals surface area contributed by atoms with Gasteiger partial charge < -0.3 is 19.9 Å². The number of alkyl carbamates (subject to hydrolysis) is 1. The second-order valence-electron chi connectivity index (χ2n) is 6.58. The number of amides is 1. The van der Waals surface area contributed by atoms with E-state index in [4.69, 9.17) is 9.47 Å². The summed E-state index contributed by atoms with van der Waals surface area (Å²) in [5.41, 5.74) is 0.944. The minimum absolute atomic E-state index is 0.123. The van der Waals surface area contributed by atoms with Crippen LogP contribution in [0, 0.1) is 0 Å². The summed E-state index contributed by atoms with van der Waals surface area (Å²) in [4.78, 5) is 22.9. The van der Waals surface area contributed by atoms with Crippen molar-refractivity contribution in [1.29, 1.82) is 0 Å². The quantitative estimate of drug-likeness (QED) is 0.613. The Morgan fingerprint density at radius 1 is 1.29 bits per heavy atom. The fourth-order valence-corrected chi connectivity index (χ4v) is 1.83. The predicted molar refractivity (Wildman–Crippen MR) is 91.3 cm³/mol. The molecule has 0 atom stereocenters. The van der Waals surface area contributed by atoms with Gasteiger partial charge in [0.25, 0.3) is 0 Å². The summed E-state index contributed by atoms with van der Waals surface area (Å²) in [6.45, 7) is 9.18. The van der Waals surface area contributed by atoms with Crippen molar-refractivity contribution in [2.24, 2.45) is 0 Å². The van der Waals surface area contributed by atoms with Crippen LogP contribution in [0.1, 0.15) is 45.7 Å². The molecule has 0 aliphatic heterocycles. The molecule has 0 radical (unpaired) electrons. The third-order valence-corrected chi connectivity index (χ3v) is 2.66. The highest BCUT2D eigenvalue weighted by Crippen LogP contribution is 2.13. The average molecular weight is 335 g/mol. The van der Waals surface area contributed by atoms with Crippen LogP contribution in [0.2, 0.25) is 0 Å². The number of hydrogen-bond donors (Lipinski definition) is 2. The van der Waals surface area contributed by atoms with E-state index in [2.05, 4.69) is 5.32 Å². The molecule has 1 aromatic carbocycles. The standard InChI is InChI=1S/C18H25NO5/c1-12(2)23-15(16(20)21)10-13-7-6-8-14(9-13)11-19-17(22)24-18(3,4)5/h6-10,12H,11H2,1-5H3,(H,19,22)(H,20,21). The lowest BCUT2D eigenvalue weighted by Gasteiger charge is -2.19. The molecule has 0 fully saturated rings. The molecular formula is C18H25NO5. The molecule has 2 N–H and O–H groups in total. The maximum absolute atomic E-state index is 11.7. The number of carboxylic acid groups (broad SMARTS) is 1. The van der Waals surface area contributed by atoms with Gasteiger partial charge in [-0.1, -0.05) is 18.2 Å². The first-order valence-electron chi connectivity index (χ1n) is 7.74. The Morgan fingerprint density at radius 2 is 1.96 bits per heavy atom. The van der Waals surface area contributed by atoms with Gasteiger partial charge in [-0.15, -0.1) is 0 Å². The highest BCUT2D eigenvalue weighted by Gasteiger charge is 2.15. The second kappa shape index (κ2) is 8.38. The molecule has 132 valence electrons. The SMILES string of the molecule is CC(C)OC(=Cc1cccc(CNC(=O)OC(C)(C)C)c1)C(=O)O. The van der Waals surface area contributed by atoms with Crippen LogP contribution in [-0.2, 0) is 20.8 Å². The number of ether oxygens (including phenoxy) is 2. The fourth-order valence-electron chi connectivity index (χ4n) is 1.83. The van der Waals surface area contributed by atoms with E-state index in [1.165, 1.54) is 6.08 Å². The summed E-state index contributed by atoms with van der Waals surface area (Å²) < 4.78 is 10.5. The molecule has 0 heterocycles. The fraction of sp³-hybridized carbons (Fsp3) is 0.444. The summed E-state index contributed by atoms with van der Waals surface area (Å²) in [7, 11) is 0. The van der Waals surface area contributed by atoms with Gasteiger partial charge in [0, 0.05) is 6.54 Å². The lowest BCUT2D eigenvalue weighted by atomic mass is 10.1. The van der Waals surface area contributed by atoms with Crippen molar-refractivity contribution >= 4 is 18.1 Å². The van der Waals surface area contributed by atoms with Crippen molar-refractivity contribution in [1.82, 2.24) is 5.32 Å². The van der Waals surface area contributed by atoms with Crippen LogP contribution in [-0.4, -0.2) is 28.9 Å². The van der Waals surface area contributed by atoms with Gasteiger partial charge in [-0.2, -0.15) is 0 Å². The first kappa shape index (κ1) is 19.5. The van der Waals surface area contributed by atoms with E-state index in [1.54, 1.807) is 52.8 Å². The van der Waals surface area contributed by atoms with Crippen LogP contribution in [0.4, 0.5) is 4.79 Å². The maximum Gasteiger partial charge on any atom is 0.407 e. The Hall–Kier alpha value is -2.50. The zero-order chi connectivity index (χ0) is 18.3. The van der Waals surface area contributed by atoms with Gasteiger partial charge in [0.15, 0.2) is 0 Å². The molecule has 0 unspecified atom stereocenters. The maximum atomic E-state index is 11.7. The van der Waals surface area contributed by atoms with Crippen LogP contribution < -0.4 is 5.32 Å². The molecule has 1 amide bonds. The second-order valence-corrected chi connectivity index (χ2v) is 6.58. The molecule has 0 bridgehead atoms. The van der Waals surface area contributed by atoms with E-state index in [0.717, 1.165) is 5.56 Å². The summed E-state index contributed by atoms with van der Waals surface area (Å²) in [5.74, 6) is -1.25. The van der Waals surface area contributed by atoms with Gasteiger partial charge >= 0.3 is 12.1 Å². The lowest BCUT2D eigenvalue weighted by Crippen LogP contribution is -2.32. The minimum atomic E-state index is -1.12. The number of hydrogen-bond acceptors (Lipinski definition) is 4. The lowest BCUT2D eigenvalue weighted by molar-refractivity contribution is -0.137. The van der Waals surface area contributed by atoms with E-state index in [1.807, 2.05) is 6.07 Å². The molecule has 24 heavy (non-hydrogen) atoms. The smallest absolute Gasteiger partial charge is 0.407 e.